The van der Waals surface area contributed by atoms with Gasteiger partial charge in [0.2, 0.25) is 0 Å². The fourth-order valence-corrected chi connectivity index (χ4v) is 1.86. The molecule has 2 rings (SSSR count). The van der Waals surface area contributed by atoms with Crippen molar-refractivity contribution < 1.29 is 14.3 Å². The number of carbonyl (C=O) groups is 1. The molecule has 0 amide bonds. The molecule has 0 heterocycles. The SMILES string of the molecule is CCC(C)OC(=O)COc1ccc(-c2ccccc2)cc1. The lowest BCUT2D eigenvalue weighted by Gasteiger charge is -2.11. The standard InChI is InChI=1S/C18H20O3/c1-3-14(2)21-18(19)13-20-17-11-9-16(10-12-17)15-7-5-4-6-8-15/h4-12,14H,3,13H2,1-2H3. The molecule has 3 nitrogen and oxygen atoms in total. The average molecular weight is 284 g/mol. The Hall–Kier alpha value is -2.29. The lowest BCUT2D eigenvalue weighted by atomic mass is 10.1. The highest BCUT2D eigenvalue weighted by Gasteiger charge is 2.08. The number of hydrogen-bond acceptors (Lipinski definition) is 3. The molecule has 21 heavy (non-hydrogen) atoms. The van der Waals surface area contributed by atoms with Gasteiger partial charge in [0.1, 0.15) is 5.75 Å². The van der Waals surface area contributed by atoms with Gasteiger partial charge in [-0.3, -0.25) is 0 Å². The summed E-state index contributed by atoms with van der Waals surface area (Å²) in [6.07, 6.45) is 0.735. The molecule has 3 heteroatoms. The molecule has 0 aliphatic rings. The zero-order chi connectivity index (χ0) is 15.1. The Labute approximate surface area is 125 Å². The molecule has 1 unspecified atom stereocenters. The molecular weight excluding hydrogens is 264 g/mol. The first-order valence-corrected chi connectivity index (χ1v) is 7.17. The molecule has 0 aromatic heterocycles. The number of rotatable bonds is 6. The van der Waals surface area contributed by atoms with Crippen molar-refractivity contribution in [1.29, 1.82) is 0 Å². The van der Waals surface area contributed by atoms with Gasteiger partial charge in [0.05, 0.1) is 6.10 Å². The second kappa shape index (κ2) is 7.48. The van der Waals surface area contributed by atoms with Crippen LogP contribution in [-0.4, -0.2) is 18.7 Å². The summed E-state index contributed by atoms with van der Waals surface area (Å²) in [6, 6.07) is 17.8. The maximum Gasteiger partial charge on any atom is 0.344 e. The van der Waals surface area contributed by atoms with Crippen LogP contribution in [0.15, 0.2) is 54.6 Å². The van der Waals surface area contributed by atoms with Gasteiger partial charge in [-0.1, -0.05) is 49.4 Å². The lowest BCUT2D eigenvalue weighted by Crippen LogP contribution is -2.20. The molecular formula is C18H20O3. The minimum Gasteiger partial charge on any atom is -0.482 e. The Morgan fingerprint density at radius 3 is 2.24 bits per heavy atom. The third-order valence-corrected chi connectivity index (χ3v) is 3.23. The van der Waals surface area contributed by atoms with E-state index in [1.165, 1.54) is 0 Å². The summed E-state index contributed by atoms with van der Waals surface area (Å²) in [5.41, 5.74) is 2.27. The van der Waals surface area contributed by atoms with Gasteiger partial charge in [-0.15, -0.1) is 0 Å². The monoisotopic (exact) mass is 284 g/mol. The van der Waals surface area contributed by atoms with Crippen LogP contribution < -0.4 is 4.74 Å². The fourth-order valence-electron chi connectivity index (χ4n) is 1.86. The number of carbonyl (C=O) groups excluding carboxylic acids is 1. The highest BCUT2D eigenvalue weighted by Crippen LogP contribution is 2.22. The minimum absolute atomic E-state index is 0.0605. The number of hydrogen-bond donors (Lipinski definition) is 0. The van der Waals surface area contributed by atoms with E-state index in [4.69, 9.17) is 9.47 Å². The molecule has 110 valence electrons. The van der Waals surface area contributed by atoms with Crippen LogP contribution in [0, 0.1) is 0 Å². The smallest absolute Gasteiger partial charge is 0.344 e. The largest absolute Gasteiger partial charge is 0.482 e. The first-order valence-electron chi connectivity index (χ1n) is 7.17. The lowest BCUT2D eigenvalue weighted by molar-refractivity contribution is -0.150. The van der Waals surface area contributed by atoms with Crippen LogP contribution >= 0.6 is 0 Å². The summed E-state index contributed by atoms with van der Waals surface area (Å²) in [5.74, 6) is 0.326. The number of benzene rings is 2. The van der Waals surface area contributed by atoms with Crippen LogP contribution in [0.25, 0.3) is 11.1 Å². The third-order valence-electron chi connectivity index (χ3n) is 3.23. The van der Waals surface area contributed by atoms with Crippen LogP contribution in [-0.2, 0) is 9.53 Å². The zero-order valence-corrected chi connectivity index (χ0v) is 12.4. The van der Waals surface area contributed by atoms with E-state index in [1.54, 1.807) is 0 Å². The first-order chi connectivity index (χ1) is 10.2. The van der Waals surface area contributed by atoms with Crippen molar-refractivity contribution in [1.82, 2.24) is 0 Å². The Bertz CT molecular complexity index is 561. The van der Waals surface area contributed by atoms with Crippen LogP contribution in [0.5, 0.6) is 5.75 Å². The molecule has 0 aliphatic carbocycles. The van der Waals surface area contributed by atoms with Crippen molar-refractivity contribution in [2.45, 2.75) is 26.4 Å². The number of esters is 1. The maximum absolute atomic E-state index is 11.5. The highest BCUT2D eigenvalue weighted by molar-refractivity contribution is 5.71. The first kappa shape index (κ1) is 15.1. The minimum atomic E-state index is -0.337. The molecule has 0 saturated heterocycles. The highest BCUT2D eigenvalue weighted by atomic mass is 16.6. The molecule has 0 N–H and O–H groups in total. The Kier molecular flexibility index (Phi) is 5.38. The predicted molar refractivity (Wildman–Crippen MR) is 83.2 cm³/mol. The second-order valence-corrected chi connectivity index (χ2v) is 4.89. The van der Waals surface area contributed by atoms with Crippen LogP contribution in [0.2, 0.25) is 0 Å². The Balaban J connectivity index is 1.90. The van der Waals surface area contributed by atoms with Gasteiger partial charge in [-0.25, -0.2) is 4.79 Å². The van der Waals surface area contributed by atoms with Gasteiger partial charge in [-0.05, 0) is 36.6 Å². The van der Waals surface area contributed by atoms with E-state index in [1.807, 2.05) is 56.3 Å². The van der Waals surface area contributed by atoms with E-state index < -0.39 is 0 Å². The van der Waals surface area contributed by atoms with Gasteiger partial charge >= 0.3 is 5.97 Å². The Morgan fingerprint density at radius 2 is 1.62 bits per heavy atom. The summed E-state index contributed by atoms with van der Waals surface area (Å²) in [4.78, 5) is 11.5. The normalized spacial score (nSPS) is 11.7. The van der Waals surface area contributed by atoms with Crippen molar-refractivity contribution in [3.8, 4) is 16.9 Å². The summed E-state index contributed by atoms with van der Waals surface area (Å²) < 4.78 is 10.6. The predicted octanol–water partition coefficient (Wildman–Crippen LogP) is 4.07. The molecule has 0 fully saturated rings. The van der Waals surface area contributed by atoms with Crippen molar-refractivity contribution in [3.63, 3.8) is 0 Å². The van der Waals surface area contributed by atoms with Crippen molar-refractivity contribution >= 4 is 5.97 Å². The third kappa shape index (κ3) is 4.63. The van der Waals surface area contributed by atoms with E-state index in [0.717, 1.165) is 17.5 Å². The van der Waals surface area contributed by atoms with Crippen LogP contribution in [0.3, 0.4) is 0 Å². The number of ether oxygens (including phenoxy) is 2. The zero-order valence-electron chi connectivity index (χ0n) is 12.4. The van der Waals surface area contributed by atoms with Gasteiger partial charge < -0.3 is 9.47 Å². The summed E-state index contributed by atoms with van der Waals surface area (Å²) in [7, 11) is 0. The summed E-state index contributed by atoms with van der Waals surface area (Å²) >= 11 is 0. The quantitative estimate of drug-likeness (QED) is 0.750. The molecule has 2 aromatic rings. The van der Waals surface area contributed by atoms with Crippen LogP contribution in [0.4, 0.5) is 0 Å². The topological polar surface area (TPSA) is 35.5 Å². The summed E-state index contributed by atoms with van der Waals surface area (Å²) in [5, 5.41) is 0. The molecule has 0 radical (unpaired) electrons. The van der Waals surface area contributed by atoms with E-state index in [-0.39, 0.29) is 18.7 Å². The van der Waals surface area contributed by atoms with Crippen LogP contribution in [0.1, 0.15) is 20.3 Å². The Morgan fingerprint density at radius 1 is 1.00 bits per heavy atom. The van der Waals surface area contributed by atoms with Gasteiger partial charge in [0, 0.05) is 0 Å². The van der Waals surface area contributed by atoms with Crippen molar-refractivity contribution in [2.24, 2.45) is 0 Å². The average Bonchev–Trinajstić information content (AvgIpc) is 2.54. The molecule has 0 bridgehead atoms. The van der Waals surface area contributed by atoms with E-state index in [2.05, 4.69) is 12.1 Å². The fraction of sp³-hybridized carbons (Fsp3) is 0.278. The summed E-state index contributed by atoms with van der Waals surface area (Å²) in [6.45, 7) is 3.78. The van der Waals surface area contributed by atoms with E-state index in [9.17, 15) is 4.79 Å². The van der Waals surface area contributed by atoms with E-state index in [0.29, 0.717) is 5.75 Å². The molecule has 0 saturated carbocycles. The maximum atomic E-state index is 11.5. The van der Waals surface area contributed by atoms with E-state index >= 15 is 0 Å². The van der Waals surface area contributed by atoms with Crippen molar-refractivity contribution in [3.05, 3.63) is 54.6 Å². The second-order valence-electron chi connectivity index (χ2n) is 4.89. The van der Waals surface area contributed by atoms with Gasteiger partial charge in [-0.2, -0.15) is 0 Å². The molecule has 1 atom stereocenters. The molecule has 2 aromatic carbocycles. The molecule has 0 aliphatic heterocycles. The van der Waals surface area contributed by atoms with Gasteiger partial charge in [0.25, 0.3) is 0 Å². The van der Waals surface area contributed by atoms with Gasteiger partial charge in [0.15, 0.2) is 6.61 Å². The molecule has 0 spiro atoms. The van der Waals surface area contributed by atoms with Crippen molar-refractivity contribution in [2.75, 3.05) is 6.61 Å².